The number of primary amides is 1. The maximum Gasteiger partial charge on any atom is 0.244 e. The Labute approximate surface area is 123 Å². The number of ether oxygens (including phenoxy) is 2. The molecule has 1 amide bonds. The van der Waals surface area contributed by atoms with Gasteiger partial charge in [0.2, 0.25) is 5.91 Å². The van der Waals surface area contributed by atoms with E-state index in [1.165, 1.54) is 0 Å². The SMILES string of the molecule is COc1ccc(NC(C(N)=O)c2ccccc2)cc1OC. The van der Waals surface area contributed by atoms with Gasteiger partial charge in [-0.05, 0) is 17.7 Å². The van der Waals surface area contributed by atoms with Crippen molar-refractivity contribution in [2.45, 2.75) is 6.04 Å². The number of methoxy groups -OCH3 is 2. The zero-order chi connectivity index (χ0) is 15.2. The third kappa shape index (κ3) is 3.45. The van der Waals surface area contributed by atoms with Crippen LogP contribution in [-0.4, -0.2) is 20.1 Å². The highest BCUT2D eigenvalue weighted by atomic mass is 16.5. The van der Waals surface area contributed by atoms with E-state index < -0.39 is 11.9 Å². The lowest BCUT2D eigenvalue weighted by molar-refractivity contribution is -0.118. The van der Waals surface area contributed by atoms with E-state index in [0.717, 1.165) is 11.3 Å². The van der Waals surface area contributed by atoms with E-state index in [9.17, 15) is 4.79 Å². The normalized spacial score (nSPS) is 11.5. The molecule has 2 aromatic carbocycles. The van der Waals surface area contributed by atoms with Gasteiger partial charge in [0.05, 0.1) is 14.2 Å². The van der Waals surface area contributed by atoms with Crippen LogP contribution in [0.5, 0.6) is 11.5 Å². The number of nitrogens with one attached hydrogen (secondary N) is 1. The van der Waals surface area contributed by atoms with Crippen molar-refractivity contribution < 1.29 is 14.3 Å². The van der Waals surface area contributed by atoms with Gasteiger partial charge >= 0.3 is 0 Å². The van der Waals surface area contributed by atoms with Crippen LogP contribution in [0.3, 0.4) is 0 Å². The third-order valence-corrected chi connectivity index (χ3v) is 3.11. The first kappa shape index (κ1) is 14.7. The second-order valence-electron chi connectivity index (χ2n) is 4.46. The summed E-state index contributed by atoms with van der Waals surface area (Å²) in [5.74, 6) is 0.758. The second-order valence-corrected chi connectivity index (χ2v) is 4.46. The first-order valence-corrected chi connectivity index (χ1v) is 6.48. The minimum Gasteiger partial charge on any atom is -0.493 e. The molecule has 0 aliphatic rings. The molecule has 0 saturated carbocycles. The summed E-state index contributed by atoms with van der Waals surface area (Å²) in [6.45, 7) is 0. The van der Waals surface area contributed by atoms with Gasteiger partial charge in [0.15, 0.2) is 11.5 Å². The lowest BCUT2D eigenvalue weighted by Gasteiger charge is -2.18. The van der Waals surface area contributed by atoms with Gasteiger partial charge in [-0.2, -0.15) is 0 Å². The molecule has 0 heterocycles. The molecular weight excluding hydrogens is 268 g/mol. The molecule has 0 spiro atoms. The van der Waals surface area contributed by atoms with Crippen LogP contribution >= 0.6 is 0 Å². The molecule has 2 rings (SSSR count). The third-order valence-electron chi connectivity index (χ3n) is 3.11. The Morgan fingerprint density at radius 2 is 1.71 bits per heavy atom. The average molecular weight is 286 g/mol. The molecule has 0 radical (unpaired) electrons. The predicted molar refractivity (Wildman–Crippen MR) is 81.5 cm³/mol. The molecule has 1 atom stereocenters. The van der Waals surface area contributed by atoms with Crippen LogP contribution in [0.4, 0.5) is 5.69 Å². The number of hydrogen-bond acceptors (Lipinski definition) is 4. The summed E-state index contributed by atoms with van der Waals surface area (Å²) in [6.07, 6.45) is 0. The van der Waals surface area contributed by atoms with E-state index in [1.54, 1.807) is 32.4 Å². The average Bonchev–Trinajstić information content (AvgIpc) is 2.52. The summed E-state index contributed by atoms with van der Waals surface area (Å²) in [4.78, 5) is 11.7. The molecule has 0 fully saturated rings. The molecule has 0 aliphatic heterocycles. The molecule has 0 saturated heterocycles. The number of hydrogen-bond donors (Lipinski definition) is 2. The van der Waals surface area contributed by atoms with Crippen LogP contribution in [0.15, 0.2) is 48.5 Å². The van der Waals surface area contributed by atoms with Crippen LogP contribution in [0, 0.1) is 0 Å². The zero-order valence-electron chi connectivity index (χ0n) is 12.0. The van der Waals surface area contributed by atoms with Crippen molar-refractivity contribution in [1.82, 2.24) is 0 Å². The Balaban J connectivity index is 2.28. The quantitative estimate of drug-likeness (QED) is 0.855. The summed E-state index contributed by atoms with van der Waals surface area (Å²) < 4.78 is 10.4. The minimum absolute atomic E-state index is 0.448. The van der Waals surface area contributed by atoms with E-state index >= 15 is 0 Å². The Hall–Kier alpha value is -2.69. The van der Waals surface area contributed by atoms with Gasteiger partial charge in [0, 0.05) is 11.8 Å². The Bertz CT molecular complexity index is 614. The van der Waals surface area contributed by atoms with Crippen molar-refractivity contribution in [1.29, 1.82) is 0 Å². The van der Waals surface area contributed by atoms with Crippen LogP contribution in [0.25, 0.3) is 0 Å². The van der Waals surface area contributed by atoms with E-state index in [2.05, 4.69) is 5.32 Å². The molecule has 0 aromatic heterocycles. The highest BCUT2D eigenvalue weighted by Gasteiger charge is 2.17. The number of rotatable bonds is 6. The fourth-order valence-electron chi connectivity index (χ4n) is 2.06. The molecule has 1 unspecified atom stereocenters. The maximum atomic E-state index is 11.7. The lowest BCUT2D eigenvalue weighted by Crippen LogP contribution is -2.27. The Morgan fingerprint density at radius 3 is 2.29 bits per heavy atom. The Morgan fingerprint density at radius 1 is 1.05 bits per heavy atom. The van der Waals surface area contributed by atoms with Gasteiger partial charge in [0.1, 0.15) is 6.04 Å². The summed E-state index contributed by atoms with van der Waals surface area (Å²) in [6, 6.07) is 14.0. The molecule has 0 bridgehead atoms. The molecule has 2 aromatic rings. The monoisotopic (exact) mass is 286 g/mol. The summed E-state index contributed by atoms with van der Waals surface area (Å²) in [5, 5.41) is 3.11. The maximum absolute atomic E-state index is 11.7. The lowest BCUT2D eigenvalue weighted by atomic mass is 10.1. The number of carbonyl (C=O) groups excluding carboxylic acids is 1. The number of amides is 1. The highest BCUT2D eigenvalue weighted by Crippen LogP contribution is 2.31. The number of nitrogens with two attached hydrogens (primary N) is 1. The summed E-state index contributed by atoms with van der Waals surface area (Å²) >= 11 is 0. The fraction of sp³-hybridized carbons (Fsp3) is 0.188. The number of carbonyl (C=O) groups is 1. The van der Waals surface area contributed by atoms with Crippen molar-refractivity contribution in [3.05, 3.63) is 54.1 Å². The van der Waals surface area contributed by atoms with E-state index in [4.69, 9.17) is 15.2 Å². The van der Waals surface area contributed by atoms with Crippen LogP contribution < -0.4 is 20.5 Å². The van der Waals surface area contributed by atoms with Crippen molar-refractivity contribution in [2.24, 2.45) is 5.73 Å². The molecule has 5 heteroatoms. The van der Waals surface area contributed by atoms with Crippen LogP contribution in [0.1, 0.15) is 11.6 Å². The standard InChI is InChI=1S/C16H18N2O3/c1-20-13-9-8-12(10-14(13)21-2)18-15(16(17)19)11-6-4-3-5-7-11/h3-10,15,18H,1-2H3,(H2,17,19). The minimum atomic E-state index is -0.607. The van der Waals surface area contributed by atoms with Gasteiger partial charge in [-0.15, -0.1) is 0 Å². The highest BCUT2D eigenvalue weighted by molar-refractivity contribution is 5.84. The smallest absolute Gasteiger partial charge is 0.244 e. The topological polar surface area (TPSA) is 73.6 Å². The van der Waals surface area contributed by atoms with Gasteiger partial charge < -0.3 is 20.5 Å². The largest absolute Gasteiger partial charge is 0.493 e. The zero-order valence-corrected chi connectivity index (χ0v) is 12.0. The van der Waals surface area contributed by atoms with Crippen LogP contribution in [0.2, 0.25) is 0 Å². The predicted octanol–water partition coefficient (Wildman–Crippen LogP) is 2.34. The number of benzene rings is 2. The van der Waals surface area contributed by atoms with Gasteiger partial charge in [-0.25, -0.2) is 0 Å². The van der Waals surface area contributed by atoms with E-state index in [1.807, 2.05) is 30.3 Å². The van der Waals surface area contributed by atoms with Crippen molar-refractivity contribution in [3.63, 3.8) is 0 Å². The van der Waals surface area contributed by atoms with E-state index in [-0.39, 0.29) is 0 Å². The number of anilines is 1. The molecule has 110 valence electrons. The second kappa shape index (κ2) is 6.65. The van der Waals surface area contributed by atoms with Gasteiger partial charge in [0.25, 0.3) is 0 Å². The van der Waals surface area contributed by atoms with Crippen molar-refractivity contribution in [2.75, 3.05) is 19.5 Å². The fourth-order valence-corrected chi connectivity index (χ4v) is 2.06. The first-order valence-electron chi connectivity index (χ1n) is 6.48. The molecule has 3 N–H and O–H groups in total. The Kier molecular flexibility index (Phi) is 4.66. The van der Waals surface area contributed by atoms with Crippen LogP contribution in [-0.2, 0) is 4.79 Å². The molecule has 21 heavy (non-hydrogen) atoms. The van der Waals surface area contributed by atoms with Gasteiger partial charge in [-0.1, -0.05) is 30.3 Å². The summed E-state index contributed by atoms with van der Waals surface area (Å²) in [7, 11) is 3.13. The summed E-state index contributed by atoms with van der Waals surface area (Å²) in [5.41, 5.74) is 7.01. The van der Waals surface area contributed by atoms with Gasteiger partial charge in [-0.3, -0.25) is 4.79 Å². The van der Waals surface area contributed by atoms with E-state index in [0.29, 0.717) is 11.5 Å². The van der Waals surface area contributed by atoms with Crippen molar-refractivity contribution >= 4 is 11.6 Å². The molecule has 0 aliphatic carbocycles. The molecule has 5 nitrogen and oxygen atoms in total. The first-order chi connectivity index (χ1) is 10.2. The van der Waals surface area contributed by atoms with Crippen molar-refractivity contribution in [3.8, 4) is 11.5 Å². The molecular formula is C16H18N2O3.